The third-order valence-corrected chi connectivity index (χ3v) is 8.16. The quantitative estimate of drug-likeness (QED) is 0.349. The Hall–Kier alpha value is -3.93. The normalized spacial score (nSPS) is 19.4. The number of benzene rings is 2. The molecule has 12 heteroatoms. The molecule has 1 atom stereocenters. The van der Waals surface area contributed by atoms with Crippen LogP contribution in [0.4, 0.5) is 5.69 Å². The standard InChI is InChI=1S/C26H27N5O6S/c1-26(2)15-27-25(38-26)29-11-9-28(10-12-29)24(35)20(14-16-7-8-21(32)19(13-16)31(36)37)30-22(33)17-5-3-4-6-18(17)23(30)34/h3-8,13,20,32H,9-12,14-15H2,1-2H3/t20-/m1/s1. The van der Waals surface area contributed by atoms with Crippen LogP contribution in [0.2, 0.25) is 0 Å². The predicted molar refractivity (Wildman–Crippen MR) is 141 cm³/mol. The molecule has 3 amide bonds. The van der Waals surface area contributed by atoms with Crippen molar-refractivity contribution in [2.75, 3.05) is 32.7 Å². The average molecular weight is 538 g/mol. The number of amidine groups is 1. The Kier molecular flexibility index (Phi) is 6.59. The number of thioether (sulfide) groups is 1. The molecular formula is C26H27N5O6S. The number of hydrogen-bond acceptors (Lipinski definition) is 9. The fraction of sp³-hybridized carbons (Fsp3) is 0.385. The van der Waals surface area contributed by atoms with E-state index in [0.29, 0.717) is 31.7 Å². The highest BCUT2D eigenvalue weighted by Gasteiger charge is 2.44. The van der Waals surface area contributed by atoms with Gasteiger partial charge in [0, 0.05) is 43.4 Å². The Morgan fingerprint density at radius 3 is 2.29 bits per heavy atom. The van der Waals surface area contributed by atoms with Crippen molar-refractivity contribution in [3.05, 3.63) is 69.3 Å². The van der Waals surface area contributed by atoms with Crippen molar-refractivity contribution in [2.45, 2.75) is 31.1 Å². The maximum absolute atomic E-state index is 13.9. The molecule has 0 radical (unpaired) electrons. The lowest BCUT2D eigenvalue weighted by atomic mass is 10.0. The number of phenolic OH excluding ortho intramolecular Hbond substituents is 1. The molecule has 11 nitrogen and oxygen atoms in total. The summed E-state index contributed by atoms with van der Waals surface area (Å²) in [6.07, 6.45) is -0.123. The molecule has 0 bridgehead atoms. The third kappa shape index (κ3) is 4.71. The molecule has 0 unspecified atom stereocenters. The number of piperazine rings is 1. The SMILES string of the molecule is CC1(C)CN=C(N2CCN(C(=O)[C@@H](Cc3ccc(O)c([N+](=O)[O-])c3)N3C(=O)c4ccccc4C3=O)CC2)S1. The number of hydrogen-bond donors (Lipinski definition) is 1. The number of nitrogens with zero attached hydrogens (tertiary/aromatic N) is 5. The van der Waals surface area contributed by atoms with Crippen molar-refractivity contribution in [1.82, 2.24) is 14.7 Å². The largest absolute Gasteiger partial charge is 0.502 e. The summed E-state index contributed by atoms with van der Waals surface area (Å²) in [6.45, 7) is 6.89. The van der Waals surface area contributed by atoms with Crippen LogP contribution in [-0.4, -0.2) is 91.1 Å². The molecule has 3 heterocycles. The number of imide groups is 1. The fourth-order valence-corrected chi connectivity index (χ4v) is 5.97. The van der Waals surface area contributed by atoms with Crippen LogP contribution >= 0.6 is 11.8 Å². The van der Waals surface area contributed by atoms with E-state index >= 15 is 0 Å². The Morgan fingerprint density at radius 2 is 1.74 bits per heavy atom. The van der Waals surface area contributed by atoms with Gasteiger partial charge in [0.25, 0.3) is 11.8 Å². The monoisotopic (exact) mass is 537 g/mol. The molecule has 2 aromatic carbocycles. The van der Waals surface area contributed by atoms with Crippen molar-refractivity contribution in [1.29, 1.82) is 0 Å². The molecule has 0 aliphatic carbocycles. The van der Waals surface area contributed by atoms with Crippen molar-refractivity contribution in [3.8, 4) is 5.75 Å². The van der Waals surface area contributed by atoms with Crippen LogP contribution in [0.25, 0.3) is 0 Å². The number of rotatable bonds is 5. The predicted octanol–water partition coefficient (Wildman–Crippen LogP) is 2.53. The average Bonchev–Trinajstić information content (AvgIpc) is 3.39. The Bertz CT molecular complexity index is 1330. The molecule has 3 aliphatic rings. The highest BCUT2D eigenvalue weighted by Crippen LogP contribution is 2.34. The van der Waals surface area contributed by atoms with Crippen LogP contribution in [0.1, 0.15) is 40.1 Å². The van der Waals surface area contributed by atoms with Gasteiger partial charge in [-0.2, -0.15) is 0 Å². The molecule has 1 saturated heterocycles. The number of carbonyl (C=O) groups is 3. The van der Waals surface area contributed by atoms with Crippen molar-refractivity contribution in [2.24, 2.45) is 4.99 Å². The second-order valence-corrected chi connectivity index (χ2v) is 11.8. The first kappa shape index (κ1) is 25.7. The number of fused-ring (bicyclic) bond motifs is 1. The van der Waals surface area contributed by atoms with E-state index in [1.165, 1.54) is 18.2 Å². The second kappa shape index (κ2) is 9.75. The molecule has 1 fully saturated rings. The Balaban J connectivity index is 1.40. The molecule has 1 N–H and O–H groups in total. The lowest BCUT2D eigenvalue weighted by Gasteiger charge is -2.38. The van der Waals surface area contributed by atoms with E-state index in [9.17, 15) is 29.6 Å². The van der Waals surface area contributed by atoms with E-state index in [4.69, 9.17) is 0 Å². The molecule has 2 aromatic rings. The molecule has 198 valence electrons. The van der Waals surface area contributed by atoms with E-state index in [0.717, 1.165) is 16.6 Å². The van der Waals surface area contributed by atoms with Crippen LogP contribution in [0.15, 0.2) is 47.5 Å². The first-order chi connectivity index (χ1) is 18.1. The summed E-state index contributed by atoms with van der Waals surface area (Å²) in [6, 6.07) is 8.99. The van der Waals surface area contributed by atoms with Gasteiger partial charge in [0.1, 0.15) is 6.04 Å². The first-order valence-electron chi connectivity index (χ1n) is 12.3. The van der Waals surface area contributed by atoms with Crippen molar-refractivity contribution < 1.29 is 24.4 Å². The zero-order chi connectivity index (χ0) is 27.2. The summed E-state index contributed by atoms with van der Waals surface area (Å²) >= 11 is 1.71. The molecule has 3 aliphatic heterocycles. The van der Waals surface area contributed by atoms with E-state index in [2.05, 4.69) is 23.7 Å². The maximum Gasteiger partial charge on any atom is 0.310 e. The molecule has 38 heavy (non-hydrogen) atoms. The lowest BCUT2D eigenvalue weighted by Crippen LogP contribution is -2.57. The zero-order valence-electron chi connectivity index (χ0n) is 21.0. The van der Waals surface area contributed by atoms with Gasteiger partial charge in [-0.3, -0.25) is 34.4 Å². The van der Waals surface area contributed by atoms with E-state index < -0.39 is 40.1 Å². The fourth-order valence-electron chi connectivity index (χ4n) is 4.91. The number of nitro groups is 1. The van der Waals surface area contributed by atoms with Gasteiger partial charge in [0.15, 0.2) is 10.9 Å². The minimum atomic E-state index is -1.20. The summed E-state index contributed by atoms with van der Waals surface area (Å²) in [7, 11) is 0. The van der Waals surface area contributed by atoms with E-state index in [1.807, 2.05) is 0 Å². The third-order valence-electron chi connectivity index (χ3n) is 6.91. The number of aliphatic imine (C=N–C) groups is 1. The highest BCUT2D eigenvalue weighted by atomic mass is 32.2. The number of phenols is 1. The summed E-state index contributed by atoms with van der Waals surface area (Å²) < 4.78 is 0.0333. The van der Waals surface area contributed by atoms with E-state index in [-0.39, 0.29) is 22.3 Å². The lowest BCUT2D eigenvalue weighted by molar-refractivity contribution is -0.385. The summed E-state index contributed by atoms with van der Waals surface area (Å²) in [5.74, 6) is -2.06. The smallest absolute Gasteiger partial charge is 0.310 e. The molecule has 5 rings (SSSR count). The van der Waals surface area contributed by atoms with E-state index in [1.54, 1.807) is 40.9 Å². The summed E-state index contributed by atoms with van der Waals surface area (Å²) in [4.78, 5) is 60.5. The van der Waals surface area contributed by atoms with Gasteiger partial charge < -0.3 is 14.9 Å². The van der Waals surface area contributed by atoms with Gasteiger partial charge in [0.05, 0.1) is 22.6 Å². The van der Waals surface area contributed by atoms with Crippen LogP contribution in [0.3, 0.4) is 0 Å². The van der Waals surface area contributed by atoms with Gasteiger partial charge in [0.2, 0.25) is 5.91 Å². The highest BCUT2D eigenvalue weighted by molar-refractivity contribution is 8.15. The summed E-state index contributed by atoms with van der Waals surface area (Å²) in [5.41, 5.74) is 0.274. The molecule has 0 saturated carbocycles. The van der Waals surface area contributed by atoms with Gasteiger partial charge in [-0.1, -0.05) is 30.0 Å². The minimum Gasteiger partial charge on any atom is -0.502 e. The number of nitro benzene ring substituents is 1. The number of amides is 3. The molecular weight excluding hydrogens is 510 g/mol. The van der Waals surface area contributed by atoms with Crippen molar-refractivity contribution in [3.63, 3.8) is 0 Å². The zero-order valence-corrected chi connectivity index (χ0v) is 21.8. The van der Waals surface area contributed by atoms with Gasteiger partial charge in [-0.05, 0) is 37.6 Å². The number of carbonyl (C=O) groups excluding carboxylic acids is 3. The first-order valence-corrected chi connectivity index (χ1v) is 13.1. The topological polar surface area (TPSA) is 137 Å². The van der Waals surface area contributed by atoms with Gasteiger partial charge in [-0.25, -0.2) is 0 Å². The number of aromatic hydroxyl groups is 1. The maximum atomic E-state index is 13.9. The van der Waals surface area contributed by atoms with Crippen molar-refractivity contribution >= 4 is 40.3 Å². The summed E-state index contributed by atoms with van der Waals surface area (Å²) in [5, 5.41) is 22.2. The van der Waals surface area contributed by atoms with Gasteiger partial charge in [-0.15, -0.1) is 0 Å². The molecule has 0 spiro atoms. The molecule has 0 aromatic heterocycles. The Morgan fingerprint density at radius 1 is 1.11 bits per heavy atom. The second-order valence-electron chi connectivity index (χ2n) is 10.1. The van der Waals surface area contributed by atoms with Crippen LogP contribution in [0.5, 0.6) is 5.75 Å². The Labute approximate surface area is 223 Å². The van der Waals surface area contributed by atoms with Crippen LogP contribution in [0, 0.1) is 10.1 Å². The van der Waals surface area contributed by atoms with Crippen LogP contribution < -0.4 is 0 Å². The van der Waals surface area contributed by atoms with Gasteiger partial charge >= 0.3 is 5.69 Å². The van der Waals surface area contributed by atoms with Crippen LogP contribution in [-0.2, 0) is 11.2 Å². The minimum absolute atomic E-state index is 0.0333.